The van der Waals surface area contributed by atoms with Crippen molar-refractivity contribution in [1.82, 2.24) is 4.98 Å². The molecule has 1 saturated carbocycles. The molecule has 1 aromatic heterocycles. The zero-order valence-corrected chi connectivity index (χ0v) is 9.30. The fourth-order valence-corrected chi connectivity index (χ4v) is 2.02. The number of halogens is 3. The van der Waals surface area contributed by atoms with Crippen molar-refractivity contribution in [2.75, 3.05) is 5.43 Å². The summed E-state index contributed by atoms with van der Waals surface area (Å²) >= 11 is 0. The van der Waals surface area contributed by atoms with Crippen LogP contribution in [-0.4, -0.2) is 4.98 Å². The highest BCUT2D eigenvalue weighted by atomic mass is 19.2. The Balaban J connectivity index is 2.35. The van der Waals surface area contributed by atoms with Crippen LogP contribution in [0.1, 0.15) is 24.5 Å². The van der Waals surface area contributed by atoms with Crippen molar-refractivity contribution in [3.8, 4) is 0 Å². The number of nitrogens with one attached hydrogen (secondary N) is 1. The van der Waals surface area contributed by atoms with Crippen LogP contribution in [0.25, 0.3) is 10.9 Å². The number of pyridine rings is 1. The Morgan fingerprint density at radius 3 is 2.50 bits per heavy atom. The second-order valence-electron chi connectivity index (χ2n) is 4.39. The molecule has 0 atom stereocenters. The minimum absolute atomic E-state index is 0.0729. The highest BCUT2D eigenvalue weighted by Gasteiger charge is 2.27. The summed E-state index contributed by atoms with van der Waals surface area (Å²) in [6.07, 6.45) is 1.99. The van der Waals surface area contributed by atoms with Crippen LogP contribution < -0.4 is 11.3 Å². The average molecular weight is 253 g/mol. The van der Waals surface area contributed by atoms with Gasteiger partial charge in [0.05, 0.1) is 16.6 Å². The van der Waals surface area contributed by atoms with Gasteiger partial charge in [0.1, 0.15) is 0 Å². The molecule has 2 aromatic rings. The Bertz CT molecular complexity index is 638. The molecular weight excluding hydrogens is 243 g/mol. The fourth-order valence-electron chi connectivity index (χ4n) is 2.02. The molecule has 0 spiro atoms. The van der Waals surface area contributed by atoms with Crippen molar-refractivity contribution >= 4 is 16.6 Å². The smallest absolute Gasteiger partial charge is 0.195 e. The van der Waals surface area contributed by atoms with Crippen LogP contribution in [0.3, 0.4) is 0 Å². The van der Waals surface area contributed by atoms with E-state index in [2.05, 4.69) is 10.4 Å². The Labute approximate surface area is 101 Å². The topological polar surface area (TPSA) is 50.9 Å². The number of nitrogens with zero attached hydrogens (tertiary/aromatic N) is 1. The van der Waals surface area contributed by atoms with Gasteiger partial charge >= 0.3 is 0 Å². The molecule has 18 heavy (non-hydrogen) atoms. The molecule has 3 nitrogen and oxygen atoms in total. The molecule has 1 fully saturated rings. The van der Waals surface area contributed by atoms with E-state index in [-0.39, 0.29) is 16.6 Å². The van der Waals surface area contributed by atoms with Crippen molar-refractivity contribution in [3.63, 3.8) is 0 Å². The van der Waals surface area contributed by atoms with Gasteiger partial charge < -0.3 is 5.43 Å². The third-order valence-corrected chi connectivity index (χ3v) is 3.10. The highest BCUT2D eigenvalue weighted by Crippen LogP contribution is 2.41. The van der Waals surface area contributed by atoms with Crippen LogP contribution in [0.5, 0.6) is 0 Å². The highest BCUT2D eigenvalue weighted by molar-refractivity contribution is 5.92. The number of anilines is 1. The van der Waals surface area contributed by atoms with Gasteiger partial charge in [0.15, 0.2) is 17.5 Å². The number of benzene rings is 1. The van der Waals surface area contributed by atoms with Gasteiger partial charge in [-0.2, -0.15) is 0 Å². The van der Waals surface area contributed by atoms with Crippen LogP contribution in [0.2, 0.25) is 0 Å². The summed E-state index contributed by atoms with van der Waals surface area (Å²) in [5, 5.41) is -0.124. The third kappa shape index (κ3) is 1.60. The number of fused-ring (bicyclic) bond motifs is 1. The minimum Gasteiger partial charge on any atom is -0.323 e. The van der Waals surface area contributed by atoms with Crippen molar-refractivity contribution in [3.05, 3.63) is 35.3 Å². The van der Waals surface area contributed by atoms with Crippen molar-refractivity contribution in [2.45, 2.75) is 18.8 Å². The second kappa shape index (κ2) is 3.84. The Morgan fingerprint density at radius 2 is 1.89 bits per heavy atom. The lowest BCUT2D eigenvalue weighted by molar-refractivity contribution is 0.453. The quantitative estimate of drug-likeness (QED) is 0.491. The SMILES string of the molecule is NNc1cc(C2CC2)nc2cc(F)c(F)c(F)c12. The molecule has 1 aliphatic carbocycles. The number of nitrogen functional groups attached to an aromatic ring is 1. The summed E-state index contributed by atoms with van der Waals surface area (Å²) in [5.74, 6) is 1.57. The summed E-state index contributed by atoms with van der Waals surface area (Å²) < 4.78 is 40.1. The molecule has 1 aliphatic rings. The molecule has 0 unspecified atom stereocenters. The van der Waals surface area contributed by atoms with Crippen LogP contribution in [0, 0.1) is 17.5 Å². The fraction of sp³-hybridized carbons (Fsp3) is 0.250. The molecule has 0 bridgehead atoms. The summed E-state index contributed by atoms with van der Waals surface area (Å²) in [4.78, 5) is 4.17. The predicted molar refractivity (Wildman–Crippen MR) is 61.4 cm³/mol. The maximum atomic E-state index is 13.7. The first-order valence-electron chi connectivity index (χ1n) is 5.56. The van der Waals surface area contributed by atoms with E-state index < -0.39 is 17.5 Å². The van der Waals surface area contributed by atoms with Gasteiger partial charge in [-0.15, -0.1) is 0 Å². The first-order chi connectivity index (χ1) is 8.61. The Hall–Kier alpha value is -1.82. The number of aromatic nitrogens is 1. The monoisotopic (exact) mass is 253 g/mol. The maximum Gasteiger partial charge on any atom is 0.195 e. The van der Waals surface area contributed by atoms with E-state index in [0.717, 1.165) is 24.6 Å². The third-order valence-electron chi connectivity index (χ3n) is 3.10. The van der Waals surface area contributed by atoms with E-state index >= 15 is 0 Å². The lowest BCUT2D eigenvalue weighted by atomic mass is 10.1. The molecule has 0 saturated heterocycles. The number of nitrogens with two attached hydrogens (primary N) is 1. The van der Waals surface area contributed by atoms with E-state index in [1.54, 1.807) is 6.07 Å². The van der Waals surface area contributed by atoms with Crippen LogP contribution in [-0.2, 0) is 0 Å². The van der Waals surface area contributed by atoms with Crippen molar-refractivity contribution < 1.29 is 13.2 Å². The number of hydrogen-bond donors (Lipinski definition) is 2. The predicted octanol–water partition coefficient (Wildman–Crippen LogP) is 2.82. The molecular formula is C12H10F3N3. The lowest BCUT2D eigenvalue weighted by Crippen LogP contribution is -2.10. The largest absolute Gasteiger partial charge is 0.323 e. The Kier molecular flexibility index (Phi) is 2.41. The molecule has 0 aliphatic heterocycles. The van der Waals surface area contributed by atoms with Crippen molar-refractivity contribution in [1.29, 1.82) is 0 Å². The van der Waals surface area contributed by atoms with Gasteiger partial charge in [0.2, 0.25) is 0 Å². The molecule has 3 rings (SSSR count). The van der Waals surface area contributed by atoms with Crippen LogP contribution in [0.4, 0.5) is 18.9 Å². The minimum atomic E-state index is -1.51. The molecule has 0 radical (unpaired) electrons. The van der Waals surface area contributed by atoms with E-state index in [4.69, 9.17) is 5.84 Å². The number of rotatable bonds is 2. The van der Waals surface area contributed by atoms with E-state index in [1.807, 2.05) is 0 Å². The normalized spacial score (nSPS) is 15.1. The van der Waals surface area contributed by atoms with E-state index in [9.17, 15) is 13.2 Å². The maximum absolute atomic E-state index is 13.7. The first-order valence-corrected chi connectivity index (χ1v) is 5.56. The molecule has 1 aromatic carbocycles. The number of hydrogen-bond acceptors (Lipinski definition) is 3. The van der Waals surface area contributed by atoms with E-state index in [0.29, 0.717) is 5.92 Å². The van der Waals surface area contributed by atoms with Gasteiger partial charge in [-0.3, -0.25) is 10.8 Å². The lowest BCUT2D eigenvalue weighted by Gasteiger charge is -2.10. The molecule has 0 amide bonds. The summed E-state index contributed by atoms with van der Waals surface area (Å²) in [6.45, 7) is 0. The van der Waals surface area contributed by atoms with Gasteiger partial charge in [-0.05, 0) is 18.9 Å². The standard InChI is InChI=1S/C12H10F3N3/c13-6-3-8-10(12(15)11(6)14)9(18-16)4-7(17-8)5-1-2-5/h3-5H,1-2,16H2,(H,17,18). The molecule has 3 N–H and O–H groups in total. The average Bonchev–Trinajstić information content (AvgIpc) is 3.18. The Morgan fingerprint density at radius 1 is 1.17 bits per heavy atom. The van der Waals surface area contributed by atoms with Gasteiger partial charge in [0.25, 0.3) is 0 Å². The zero-order valence-electron chi connectivity index (χ0n) is 9.30. The van der Waals surface area contributed by atoms with E-state index in [1.165, 1.54) is 0 Å². The first kappa shape index (κ1) is 11.3. The van der Waals surface area contributed by atoms with Gasteiger partial charge in [-0.1, -0.05) is 0 Å². The molecule has 94 valence electrons. The van der Waals surface area contributed by atoms with Crippen LogP contribution >= 0.6 is 0 Å². The molecule has 1 heterocycles. The summed E-state index contributed by atoms with van der Waals surface area (Å²) in [7, 11) is 0. The summed E-state index contributed by atoms with van der Waals surface area (Å²) in [5.41, 5.74) is 3.33. The second-order valence-corrected chi connectivity index (χ2v) is 4.39. The van der Waals surface area contributed by atoms with Gasteiger partial charge in [0, 0.05) is 17.7 Å². The molecule has 6 heteroatoms. The number of hydrazine groups is 1. The van der Waals surface area contributed by atoms with Crippen molar-refractivity contribution in [2.24, 2.45) is 5.84 Å². The zero-order chi connectivity index (χ0) is 12.9. The van der Waals surface area contributed by atoms with Gasteiger partial charge in [-0.25, -0.2) is 13.2 Å². The van der Waals surface area contributed by atoms with Crippen LogP contribution in [0.15, 0.2) is 12.1 Å². The summed E-state index contributed by atoms with van der Waals surface area (Å²) in [6, 6.07) is 2.47.